The van der Waals surface area contributed by atoms with Gasteiger partial charge >= 0.3 is 5.97 Å². The summed E-state index contributed by atoms with van der Waals surface area (Å²) in [5, 5.41) is 18.5. The maximum Gasteiger partial charge on any atom is 0.332 e. The van der Waals surface area contributed by atoms with Crippen LogP contribution in [0, 0.1) is 0 Å². The summed E-state index contributed by atoms with van der Waals surface area (Å²) in [4.78, 5) is 11.4. The summed E-state index contributed by atoms with van der Waals surface area (Å²) in [6.45, 7) is -0.105. The summed E-state index contributed by atoms with van der Waals surface area (Å²) in [5.41, 5.74) is 3.66. The number of aliphatic hydroxyl groups excluding tert-OH is 1. The lowest BCUT2D eigenvalue weighted by molar-refractivity contribution is -0.133. The number of hydrogen-bond donors (Lipinski definition) is 2. The molecule has 3 heteroatoms. The SMILES string of the molecule is O=C(O)C(CCO)=C(C1=CCCC1)C1=CCCC1. The Hall–Kier alpha value is -1.35. The van der Waals surface area contributed by atoms with Crippen LogP contribution in [0.2, 0.25) is 0 Å². The van der Waals surface area contributed by atoms with Crippen LogP contribution >= 0.6 is 0 Å². The van der Waals surface area contributed by atoms with Gasteiger partial charge in [-0.15, -0.1) is 0 Å². The lowest BCUT2D eigenvalue weighted by Crippen LogP contribution is -2.09. The van der Waals surface area contributed by atoms with Gasteiger partial charge in [0.2, 0.25) is 0 Å². The number of aliphatic carboxylic acids is 1. The molecule has 0 bridgehead atoms. The van der Waals surface area contributed by atoms with Crippen molar-refractivity contribution in [3.05, 3.63) is 34.4 Å². The van der Waals surface area contributed by atoms with E-state index in [9.17, 15) is 9.90 Å². The second kappa shape index (κ2) is 6.01. The predicted molar refractivity (Wildman–Crippen MR) is 70.2 cm³/mol. The molecule has 0 amide bonds. The van der Waals surface area contributed by atoms with Crippen molar-refractivity contribution in [1.29, 1.82) is 0 Å². The van der Waals surface area contributed by atoms with Crippen LogP contribution in [0.25, 0.3) is 0 Å². The highest BCUT2D eigenvalue weighted by Gasteiger charge is 2.23. The molecule has 2 rings (SSSR count). The molecule has 0 aromatic carbocycles. The lowest BCUT2D eigenvalue weighted by atomic mass is 9.90. The van der Waals surface area contributed by atoms with Gasteiger partial charge in [0.1, 0.15) is 0 Å². The summed E-state index contributed by atoms with van der Waals surface area (Å²) in [7, 11) is 0. The molecule has 0 atom stereocenters. The quantitative estimate of drug-likeness (QED) is 0.735. The monoisotopic (exact) mass is 248 g/mol. The maximum atomic E-state index is 11.4. The van der Waals surface area contributed by atoms with Crippen LogP contribution in [0.5, 0.6) is 0 Å². The molecule has 0 aromatic rings. The fourth-order valence-corrected chi connectivity index (χ4v) is 2.84. The van der Waals surface area contributed by atoms with E-state index in [0.29, 0.717) is 5.57 Å². The number of rotatable bonds is 5. The zero-order chi connectivity index (χ0) is 13.0. The van der Waals surface area contributed by atoms with Gasteiger partial charge in [-0.3, -0.25) is 0 Å². The van der Waals surface area contributed by atoms with Crippen LogP contribution in [0.1, 0.15) is 44.9 Å². The molecular formula is C15H20O3. The van der Waals surface area contributed by atoms with Gasteiger partial charge < -0.3 is 10.2 Å². The first-order valence-corrected chi connectivity index (χ1v) is 6.70. The Kier molecular flexibility index (Phi) is 4.37. The van der Waals surface area contributed by atoms with E-state index in [2.05, 4.69) is 12.2 Å². The van der Waals surface area contributed by atoms with Gasteiger partial charge in [0, 0.05) is 18.6 Å². The van der Waals surface area contributed by atoms with Crippen molar-refractivity contribution in [3.8, 4) is 0 Å². The number of hydrogen-bond acceptors (Lipinski definition) is 2. The first-order chi connectivity index (χ1) is 8.74. The van der Waals surface area contributed by atoms with Gasteiger partial charge in [-0.2, -0.15) is 0 Å². The van der Waals surface area contributed by atoms with Crippen LogP contribution < -0.4 is 0 Å². The molecule has 0 saturated carbocycles. The van der Waals surface area contributed by atoms with E-state index in [0.717, 1.165) is 44.1 Å². The van der Waals surface area contributed by atoms with Crippen molar-refractivity contribution in [3.63, 3.8) is 0 Å². The Labute approximate surface area is 108 Å². The summed E-state index contributed by atoms with van der Waals surface area (Å²) in [6.07, 6.45) is 10.8. The topological polar surface area (TPSA) is 57.5 Å². The van der Waals surface area contributed by atoms with E-state index in [1.807, 2.05) is 0 Å². The molecule has 3 nitrogen and oxygen atoms in total. The number of carboxylic acids is 1. The molecule has 0 aromatic heterocycles. The van der Waals surface area contributed by atoms with Gasteiger partial charge in [0.25, 0.3) is 0 Å². The Morgan fingerprint density at radius 1 is 1.11 bits per heavy atom. The molecule has 18 heavy (non-hydrogen) atoms. The first kappa shape index (κ1) is 13.1. The van der Waals surface area contributed by atoms with Crippen molar-refractivity contribution < 1.29 is 15.0 Å². The predicted octanol–water partition coefficient (Wildman–Crippen LogP) is 2.97. The van der Waals surface area contributed by atoms with E-state index in [-0.39, 0.29) is 13.0 Å². The average molecular weight is 248 g/mol. The van der Waals surface area contributed by atoms with Gasteiger partial charge in [0.05, 0.1) is 0 Å². The van der Waals surface area contributed by atoms with Gasteiger partial charge in [0.15, 0.2) is 0 Å². The second-order valence-electron chi connectivity index (χ2n) is 4.88. The third-order valence-electron chi connectivity index (χ3n) is 3.65. The fourth-order valence-electron chi connectivity index (χ4n) is 2.84. The number of allylic oxidation sites excluding steroid dienone is 5. The van der Waals surface area contributed by atoms with E-state index < -0.39 is 5.97 Å². The standard InChI is InChI=1S/C15H20O3/c16-10-9-13(15(17)18)14(11-5-1-2-6-11)12-7-3-4-8-12/h5,7,16H,1-4,6,8-10H2,(H,17,18). The molecule has 0 unspecified atom stereocenters. The highest BCUT2D eigenvalue weighted by Crippen LogP contribution is 2.37. The minimum absolute atomic E-state index is 0.105. The normalized spacial score (nSPS) is 18.5. The van der Waals surface area contributed by atoms with Gasteiger partial charge in [-0.1, -0.05) is 12.2 Å². The van der Waals surface area contributed by atoms with E-state index in [1.165, 1.54) is 11.1 Å². The van der Waals surface area contributed by atoms with Crippen LogP contribution in [-0.2, 0) is 4.79 Å². The number of carboxylic acid groups (broad SMARTS) is 1. The molecule has 0 fully saturated rings. The molecule has 0 spiro atoms. The zero-order valence-electron chi connectivity index (χ0n) is 10.6. The molecule has 2 aliphatic rings. The Balaban J connectivity index is 2.44. The third-order valence-corrected chi connectivity index (χ3v) is 3.65. The van der Waals surface area contributed by atoms with Crippen molar-refractivity contribution in [1.82, 2.24) is 0 Å². The van der Waals surface area contributed by atoms with Gasteiger partial charge in [-0.25, -0.2) is 4.79 Å². The Morgan fingerprint density at radius 3 is 2.00 bits per heavy atom. The first-order valence-electron chi connectivity index (χ1n) is 6.70. The smallest absolute Gasteiger partial charge is 0.332 e. The molecule has 0 heterocycles. The molecule has 0 aliphatic heterocycles. The lowest BCUT2D eigenvalue weighted by Gasteiger charge is -2.15. The van der Waals surface area contributed by atoms with Crippen molar-refractivity contribution >= 4 is 5.97 Å². The van der Waals surface area contributed by atoms with Crippen LogP contribution in [0.3, 0.4) is 0 Å². The third kappa shape index (κ3) is 2.72. The minimum Gasteiger partial charge on any atom is -0.478 e. The minimum atomic E-state index is -0.889. The molecular weight excluding hydrogens is 228 g/mol. The largest absolute Gasteiger partial charge is 0.478 e. The van der Waals surface area contributed by atoms with Crippen molar-refractivity contribution in [2.24, 2.45) is 0 Å². The molecule has 2 N–H and O–H groups in total. The van der Waals surface area contributed by atoms with Crippen molar-refractivity contribution in [2.75, 3.05) is 6.61 Å². The molecule has 98 valence electrons. The van der Waals surface area contributed by atoms with Crippen LogP contribution in [0.15, 0.2) is 34.4 Å². The summed E-state index contributed by atoms with van der Waals surface area (Å²) in [6, 6.07) is 0. The summed E-state index contributed by atoms with van der Waals surface area (Å²) >= 11 is 0. The van der Waals surface area contributed by atoms with E-state index in [4.69, 9.17) is 5.11 Å². The fraction of sp³-hybridized carbons (Fsp3) is 0.533. The van der Waals surface area contributed by atoms with Crippen molar-refractivity contribution in [2.45, 2.75) is 44.9 Å². The average Bonchev–Trinajstić information content (AvgIpc) is 3.01. The number of carbonyl (C=O) groups is 1. The second-order valence-corrected chi connectivity index (χ2v) is 4.88. The van der Waals surface area contributed by atoms with Gasteiger partial charge in [-0.05, 0) is 55.2 Å². The molecule has 2 aliphatic carbocycles. The Bertz CT molecular complexity index is 401. The zero-order valence-corrected chi connectivity index (χ0v) is 10.6. The highest BCUT2D eigenvalue weighted by molar-refractivity contribution is 5.90. The summed E-state index contributed by atoms with van der Waals surface area (Å²) in [5.74, 6) is -0.889. The van der Waals surface area contributed by atoms with E-state index >= 15 is 0 Å². The molecule has 0 radical (unpaired) electrons. The van der Waals surface area contributed by atoms with Crippen LogP contribution in [-0.4, -0.2) is 22.8 Å². The Morgan fingerprint density at radius 2 is 1.67 bits per heavy atom. The van der Waals surface area contributed by atoms with Crippen LogP contribution in [0.4, 0.5) is 0 Å². The molecule has 0 saturated heterocycles. The number of aliphatic hydroxyl groups is 1. The van der Waals surface area contributed by atoms with E-state index in [1.54, 1.807) is 0 Å². The highest BCUT2D eigenvalue weighted by atomic mass is 16.4. The summed E-state index contributed by atoms with van der Waals surface area (Å²) < 4.78 is 0. The maximum absolute atomic E-state index is 11.4.